The van der Waals surface area contributed by atoms with Crippen molar-refractivity contribution in [3.63, 3.8) is 0 Å². The zero-order valence-corrected chi connectivity index (χ0v) is 17.9. The highest BCUT2D eigenvalue weighted by atomic mass is 35.5. The second kappa shape index (κ2) is 9.09. The third-order valence-corrected chi connectivity index (χ3v) is 5.90. The van der Waals surface area contributed by atoms with E-state index in [2.05, 4.69) is 10.2 Å². The first-order valence-corrected chi connectivity index (χ1v) is 10.3. The number of aromatic nitrogens is 1. The molecule has 0 aliphatic carbocycles. The van der Waals surface area contributed by atoms with Gasteiger partial charge in [0, 0.05) is 36.1 Å². The average molecular weight is 420 g/mol. The number of benzene rings is 1. The number of ketones is 1. The summed E-state index contributed by atoms with van der Waals surface area (Å²) < 4.78 is 15.4. The van der Waals surface area contributed by atoms with E-state index in [-0.39, 0.29) is 16.7 Å². The molecule has 0 unspecified atom stereocenters. The van der Waals surface area contributed by atoms with E-state index in [1.165, 1.54) is 13.0 Å². The molecule has 0 atom stereocenters. The topological polar surface area (TPSA) is 54.3 Å². The van der Waals surface area contributed by atoms with E-state index in [0.717, 1.165) is 43.0 Å². The van der Waals surface area contributed by atoms with Crippen molar-refractivity contribution in [3.05, 3.63) is 52.1 Å². The summed E-state index contributed by atoms with van der Waals surface area (Å²) in [6.07, 6.45) is 1.95. The summed E-state index contributed by atoms with van der Waals surface area (Å²) >= 11 is 5.93. The smallest absolute Gasteiger partial charge is 0.216 e. The fraction of sp³-hybridized carbons (Fsp3) is 0.455. The second-order valence-electron chi connectivity index (χ2n) is 7.80. The van der Waals surface area contributed by atoms with Crippen LogP contribution in [0, 0.1) is 25.6 Å². The largest absolute Gasteiger partial charge is 0.356 e. The quantitative estimate of drug-likeness (QED) is 0.722. The van der Waals surface area contributed by atoms with E-state index in [0.29, 0.717) is 24.6 Å². The molecule has 1 saturated heterocycles. The molecular formula is C22H27ClFN3O2. The number of nitrogens with zero attached hydrogens (tertiary/aromatic N) is 2. The summed E-state index contributed by atoms with van der Waals surface area (Å²) in [7, 11) is 0. The number of amides is 1. The van der Waals surface area contributed by atoms with Gasteiger partial charge in [0.1, 0.15) is 5.82 Å². The van der Waals surface area contributed by atoms with E-state index in [4.69, 9.17) is 11.6 Å². The minimum atomic E-state index is -0.462. The summed E-state index contributed by atoms with van der Waals surface area (Å²) in [5.41, 5.74) is 3.16. The van der Waals surface area contributed by atoms with Gasteiger partial charge in [-0.05, 0) is 70.0 Å². The van der Waals surface area contributed by atoms with Gasteiger partial charge in [0.15, 0.2) is 5.78 Å². The number of carbonyl (C=O) groups is 2. The number of Topliss-reactive ketones (excluding diaryl/α,β-unsaturated/α-hetero) is 1. The SMILES string of the molecule is CC(=O)NCC1CCN(CC(=O)c2cc(C)n(-c3ccc(F)c(Cl)c3)c2C)CC1. The van der Waals surface area contributed by atoms with Gasteiger partial charge in [-0.25, -0.2) is 4.39 Å². The van der Waals surface area contributed by atoms with Crippen LogP contribution in [0.15, 0.2) is 24.3 Å². The molecule has 29 heavy (non-hydrogen) atoms. The van der Waals surface area contributed by atoms with Crippen LogP contribution in [0.2, 0.25) is 5.02 Å². The molecule has 7 heteroatoms. The number of aryl methyl sites for hydroxylation is 1. The predicted octanol–water partition coefficient (Wildman–Crippen LogP) is 3.92. The van der Waals surface area contributed by atoms with Crippen LogP contribution in [-0.2, 0) is 4.79 Å². The molecule has 2 aromatic rings. The lowest BCUT2D eigenvalue weighted by Gasteiger charge is -2.31. The van der Waals surface area contributed by atoms with Crippen molar-refractivity contribution < 1.29 is 14.0 Å². The number of halogens is 2. The molecule has 1 N–H and O–H groups in total. The van der Waals surface area contributed by atoms with Crippen molar-refractivity contribution >= 4 is 23.3 Å². The Bertz CT molecular complexity index is 917. The van der Waals surface area contributed by atoms with E-state index < -0.39 is 5.82 Å². The highest BCUT2D eigenvalue weighted by Gasteiger charge is 2.23. The van der Waals surface area contributed by atoms with Gasteiger partial charge in [-0.3, -0.25) is 14.5 Å². The number of nitrogens with one attached hydrogen (secondary N) is 1. The molecule has 0 spiro atoms. The minimum Gasteiger partial charge on any atom is -0.356 e. The van der Waals surface area contributed by atoms with Crippen LogP contribution in [0.4, 0.5) is 4.39 Å². The predicted molar refractivity (Wildman–Crippen MR) is 112 cm³/mol. The maximum absolute atomic E-state index is 13.5. The van der Waals surface area contributed by atoms with Gasteiger partial charge in [0.2, 0.25) is 5.91 Å². The van der Waals surface area contributed by atoms with Gasteiger partial charge in [0.05, 0.1) is 11.6 Å². The third kappa shape index (κ3) is 5.06. The number of rotatable bonds is 6. The lowest BCUT2D eigenvalue weighted by Crippen LogP contribution is -2.40. The van der Waals surface area contributed by atoms with Crippen molar-refractivity contribution in [1.82, 2.24) is 14.8 Å². The zero-order chi connectivity index (χ0) is 21.1. The van der Waals surface area contributed by atoms with Crippen LogP contribution in [0.25, 0.3) is 5.69 Å². The Kier molecular flexibility index (Phi) is 6.75. The molecule has 0 bridgehead atoms. The van der Waals surface area contributed by atoms with Crippen LogP contribution in [0.5, 0.6) is 0 Å². The summed E-state index contributed by atoms with van der Waals surface area (Å²) in [6, 6.07) is 6.46. The van der Waals surface area contributed by atoms with E-state index in [1.807, 2.05) is 24.5 Å². The van der Waals surface area contributed by atoms with Crippen LogP contribution in [-0.4, -0.2) is 47.3 Å². The number of hydrogen-bond acceptors (Lipinski definition) is 3. The minimum absolute atomic E-state index is 0.000376. The van der Waals surface area contributed by atoms with Crippen molar-refractivity contribution in [2.75, 3.05) is 26.2 Å². The number of likely N-dealkylation sites (tertiary alicyclic amines) is 1. The first-order chi connectivity index (χ1) is 13.8. The van der Waals surface area contributed by atoms with E-state index in [1.54, 1.807) is 12.1 Å². The third-order valence-electron chi connectivity index (χ3n) is 5.61. The fourth-order valence-electron chi connectivity index (χ4n) is 3.99. The van der Waals surface area contributed by atoms with Gasteiger partial charge in [-0.2, -0.15) is 0 Å². The zero-order valence-electron chi connectivity index (χ0n) is 17.1. The average Bonchev–Trinajstić information content (AvgIpc) is 2.98. The molecular weight excluding hydrogens is 393 g/mol. The highest BCUT2D eigenvalue weighted by Crippen LogP contribution is 2.25. The molecule has 1 aromatic carbocycles. The van der Waals surface area contributed by atoms with Gasteiger partial charge in [-0.1, -0.05) is 11.6 Å². The van der Waals surface area contributed by atoms with Crippen molar-refractivity contribution in [2.24, 2.45) is 5.92 Å². The number of carbonyl (C=O) groups excluding carboxylic acids is 2. The van der Waals surface area contributed by atoms with Gasteiger partial charge < -0.3 is 9.88 Å². The molecule has 5 nitrogen and oxygen atoms in total. The lowest BCUT2D eigenvalue weighted by molar-refractivity contribution is -0.119. The maximum atomic E-state index is 13.5. The molecule has 0 radical (unpaired) electrons. The Labute approximate surface area is 175 Å². The van der Waals surface area contributed by atoms with Crippen LogP contribution in [0.1, 0.15) is 41.5 Å². The monoisotopic (exact) mass is 419 g/mol. The highest BCUT2D eigenvalue weighted by molar-refractivity contribution is 6.30. The van der Waals surface area contributed by atoms with Crippen LogP contribution >= 0.6 is 11.6 Å². The van der Waals surface area contributed by atoms with Gasteiger partial charge in [0.25, 0.3) is 0 Å². The molecule has 1 amide bonds. The van der Waals surface area contributed by atoms with Gasteiger partial charge in [-0.15, -0.1) is 0 Å². The summed E-state index contributed by atoms with van der Waals surface area (Å²) in [5.74, 6) is 0.0906. The Morgan fingerprint density at radius 3 is 2.52 bits per heavy atom. The first-order valence-electron chi connectivity index (χ1n) is 9.90. The molecule has 1 aliphatic rings. The molecule has 0 saturated carbocycles. The second-order valence-corrected chi connectivity index (χ2v) is 8.21. The summed E-state index contributed by atoms with van der Waals surface area (Å²) in [5, 5.41) is 2.94. The summed E-state index contributed by atoms with van der Waals surface area (Å²) in [4.78, 5) is 26.2. The Hall–Kier alpha value is -2.18. The molecule has 2 heterocycles. The number of piperidine rings is 1. The molecule has 156 valence electrons. The lowest BCUT2D eigenvalue weighted by atomic mass is 9.96. The van der Waals surface area contributed by atoms with Crippen molar-refractivity contribution in [2.45, 2.75) is 33.6 Å². The molecule has 1 fully saturated rings. The van der Waals surface area contributed by atoms with Crippen molar-refractivity contribution in [3.8, 4) is 5.69 Å². The normalized spacial score (nSPS) is 15.5. The maximum Gasteiger partial charge on any atom is 0.216 e. The Morgan fingerprint density at radius 1 is 1.21 bits per heavy atom. The van der Waals surface area contributed by atoms with Crippen LogP contribution in [0.3, 0.4) is 0 Å². The number of hydrogen-bond donors (Lipinski definition) is 1. The Morgan fingerprint density at radius 2 is 1.90 bits per heavy atom. The van der Waals surface area contributed by atoms with E-state index >= 15 is 0 Å². The molecule has 1 aromatic heterocycles. The fourth-order valence-corrected chi connectivity index (χ4v) is 4.17. The molecule has 1 aliphatic heterocycles. The standard InChI is InChI=1S/C22H27ClFN3O2/c1-14-10-19(15(2)27(14)18-4-5-21(24)20(23)11-18)22(29)13-26-8-6-17(7-9-26)12-25-16(3)28/h4-5,10-11,17H,6-9,12-13H2,1-3H3,(H,25,28). The summed E-state index contributed by atoms with van der Waals surface area (Å²) in [6.45, 7) is 8.14. The first kappa shape index (κ1) is 21.5. The van der Waals surface area contributed by atoms with Gasteiger partial charge >= 0.3 is 0 Å². The van der Waals surface area contributed by atoms with Crippen molar-refractivity contribution in [1.29, 1.82) is 0 Å². The van der Waals surface area contributed by atoms with Crippen LogP contribution < -0.4 is 5.32 Å². The molecule has 3 rings (SSSR count). The Balaban J connectivity index is 1.66. The van der Waals surface area contributed by atoms with E-state index in [9.17, 15) is 14.0 Å².